The Hall–Kier alpha value is -0.0900. The summed E-state index contributed by atoms with van der Waals surface area (Å²) in [6.07, 6.45) is 0. The summed E-state index contributed by atoms with van der Waals surface area (Å²) in [7, 11) is 0. The number of likely N-dealkylation sites (N-methyl/N-ethyl adjacent to an activating group) is 1. The predicted octanol–water partition coefficient (Wildman–Crippen LogP) is 3.22. The van der Waals surface area contributed by atoms with Crippen LogP contribution in [0.1, 0.15) is 25.6 Å². The van der Waals surface area contributed by atoms with Gasteiger partial charge in [0.15, 0.2) is 0 Å². The fourth-order valence-electron chi connectivity index (χ4n) is 1.66. The van der Waals surface area contributed by atoms with E-state index in [1.165, 1.54) is 4.88 Å². The average Bonchev–Trinajstić information content (AvgIpc) is 2.69. The molecule has 0 aliphatic carbocycles. The van der Waals surface area contributed by atoms with E-state index in [9.17, 15) is 0 Å². The predicted molar refractivity (Wildman–Crippen MR) is 73.4 cm³/mol. The SMILES string of the molecule is CCN(CC)CC(C)NCc1ccc(Cl)s1. The number of hydrogen-bond acceptors (Lipinski definition) is 3. The van der Waals surface area contributed by atoms with Crippen LogP contribution in [0.2, 0.25) is 4.34 Å². The normalized spacial score (nSPS) is 13.3. The molecule has 4 heteroatoms. The van der Waals surface area contributed by atoms with Gasteiger partial charge >= 0.3 is 0 Å². The highest BCUT2D eigenvalue weighted by atomic mass is 35.5. The van der Waals surface area contributed by atoms with Gasteiger partial charge in [0.25, 0.3) is 0 Å². The molecule has 1 N–H and O–H groups in total. The highest BCUT2D eigenvalue weighted by molar-refractivity contribution is 7.16. The molecule has 0 saturated heterocycles. The van der Waals surface area contributed by atoms with Gasteiger partial charge in [-0.25, -0.2) is 0 Å². The molecule has 0 amide bonds. The maximum atomic E-state index is 5.89. The van der Waals surface area contributed by atoms with Crippen molar-refractivity contribution in [1.29, 1.82) is 0 Å². The zero-order valence-corrected chi connectivity index (χ0v) is 11.9. The van der Waals surface area contributed by atoms with Crippen LogP contribution in [0.3, 0.4) is 0 Å². The van der Waals surface area contributed by atoms with Crippen LogP contribution in [0.25, 0.3) is 0 Å². The van der Waals surface area contributed by atoms with E-state index in [1.807, 2.05) is 6.07 Å². The van der Waals surface area contributed by atoms with Crippen molar-refractivity contribution in [1.82, 2.24) is 10.2 Å². The van der Waals surface area contributed by atoms with Crippen LogP contribution in [0.5, 0.6) is 0 Å². The lowest BCUT2D eigenvalue weighted by atomic mass is 10.3. The van der Waals surface area contributed by atoms with Crippen LogP contribution in [-0.2, 0) is 6.54 Å². The van der Waals surface area contributed by atoms with Crippen molar-refractivity contribution < 1.29 is 0 Å². The van der Waals surface area contributed by atoms with Crippen molar-refractivity contribution in [3.8, 4) is 0 Å². The van der Waals surface area contributed by atoms with Crippen molar-refractivity contribution in [2.45, 2.75) is 33.4 Å². The molecule has 1 rings (SSSR count). The van der Waals surface area contributed by atoms with Gasteiger partial charge in [-0.15, -0.1) is 11.3 Å². The molecule has 1 atom stereocenters. The lowest BCUT2D eigenvalue weighted by Gasteiger charge is -2.23. The summed E-state index contributed by atoms with van der Waals surface area (Å²) in [6.45, 7) is 10.9. The monoisotopic (exact) mass is 260 g/mol. The first-order valence-electron chi connectivity index (χ1n) is 5.85. The van der Waals surface area contributed by atoms with Gasteiger partial charge in [0.2, 0.25) is 0 Å². The molecule has 16 heavy (non-hydrogen) atoms. The summed E-state index contributed by atoms with van der Waals surface area (Å²) >= 11 is 7.54. The molecule has 0 fully saturated rings. The van der Waals surface area contributed by atoms with Crippen LogP contribution < -0.4 is 5.32 Å². The number of thiophene rings is 1. The second-order valence-electron chi connectivity index (χ2n) is 3.97. The molecule has 0 aliphatic rings. The summed E-state index contributed by atoms with van der Waals surface area (Å²) in [4.78, 5) is 3.73. The van der Waals surface area contributed by atoms with E-state index >= 15 is 0 Å². The fraction of sp³-hybridized carbons (Fsp3) is 0.667. The molecule has 0 spiro atoms. The maximum Gasteiger partial charge on any atom is 0.0931 e. The van der Waals surface area contributed by atoms with Gasteiger partial charge in [-0.05, 0) is 32.1 Å². The van der Waals surface area contributed by atoms with E-state index in [-0.39, 0.29) is 0 Å². The van der Waals surface area contributed by atoms with Crippen LogP contribution in [-0.4, -0.2) is 30.6 Å². The van der Waals surface area contributed by atoms with Crippen LogP contribution >= 0.6 is 22.9 Å². The number of halogens is 1. The largest absolute Gasteiger partial charge is 0.308 e. The van der Waals surface area contributed by atoms with Crippen LogP contribution in [0.4, 0.5) is 0 Å². The first-order chi connectivity index (χ1) is 7.65. The molecule has 2 nitrogen and oxygen atoms in total. The fourth-order valence-corrected chi connectivity index (χ4v) is 2.69. The molecule has 0 bridgehead atoms. The molecular weight excluding hydrogens is 240 g/mol. The van der Waals surface area contributed by atoms with E-state index in [1.54, 1.807) is 11.3 Å². The molecule has 0 saturated carbocycles. The molecule has 92 valence electrons. The van der Waals surface area contributed by atoms with Gasteiger partial charge < -0.3 is 10.2 Å². The first kappa shape index (κ1) is 14.0. The molecule has 1 aromatic rings. The number of nitrogens with one attached hydrogen (secondary N) is 1. The van der Waals surface area contributed by atoms with E-state index < -0.39 is 0 Å². The van der Waals surface area contributed by atoms with Crippen molar-refractivity contribution in [3.63, 3.8) is 0 Å². The van der Waals surface area contributed by atoms with Gasteiger partial charge in [0, 0.05) is 24.0 Å². The topological polar surface area (TPSA) is 15.3 Å². The first-order valence-corrected chi connectivity index (χ1v) is 7.05. The highest BCUT2D eigenvalue weighted by Crippen LogP contribution is 2.21. The molecule has 1 aromatic heterocycles. The molecule has 1 heterocycles. The minimum Gasteiger partial charge on any atom is -0.308 e. The Morgan fingerprint density at radius 1 is 1.38 bits per heavy atom. The van der Waals surface area contributed by atoms with Crippen molar-refractivity contribution in [3.05, 3.63) is 21.3 Å². The van der Waals surface area contributed by atoms with Crippen LogP contribution in [0.15, 0.2) is 12.1 Å². The molecule has 0 aromatic carbocycles. The quantitative estimate of drug-likeness (QED) is 0.810. The van der Waals surface area contributed by atoms with Gasteiger partial charge in [-0.2, -0.15) is 0 Å². The Morgan fingerprint density at radius 3 is 2.56 bits per heavy atom. The van der Waals surface area contributed by atoms with Crippen molar-refractivity contribution in [2.75, 3.05) is 19.6 Å². The Kier molecular flexibility index (Phi) is 6.36. The number of nitrogens with zero attached hydrogens (tertiary/aromatic N) is 1. The summed E-state index contributed by atoms with van der Waals surface area (Å²) < 4.78 is 0.869. The van der Waals surface area contributed by atoms with Gasteiger partial charge in [-0.3, -0.25) is 0 Å². The molecule has 1 unspecified atom stereocenters. The third-order valence-corrected chi connectivity index (χ3v) is 3.91. The smallest absolute Gasteiger partial charge is 0.0931 e. The van der Waals surface area contributed by atoms with E-state index in [4.69, 9.17) is 11.6 Å². The summed E-state index contributed by atoms with van der Waals surface area (Å²) in [5.74, 6) is 0. The Labute approximate surface area is 108 Å². The standard InChI is InChI=1S/C12H21ClN2S/c1-4-15(5-2)9-10(3)14-8-11-6-7-12(13)16-11/h6-7,10,14H,4-5,8-9H2,1-3H3. The Balaban J connectivity index is 2.26. The van der Waals surface area contributed by atoms with Gasteiger partial charge in [-0.1, -0.05) is 25.4 Å². The Morgan fingerprint density at radius 2 is 2.06 bits per heavy atom. The third kappa shape index (κ3) is 4.83. The van der Waals surface area contributed by atoms with Gasteiger partial charge in [0.05, 0.1) is 4.34 Å². The number of hydrogen-bond donors (Lipinski definition) is 1. The zero-order valence-electron chi connectivity index (χ0n) is 10.3. The van der Waals surface area contributed by atoms with Gasteiger partial charge in [0.1, 0.15) is 0 Å². The highest BCUT2D eigenvalue weighted by Gasteiger charge is 2.07. The van der Waals surface area contributed by atoms with Crippen molar-refractivity contribution >= 4 is 22.9 Å². The minimum atomic E-state index is 0.515. The molecule has 0 aliphatic heterocycles. The lowest BCUT2D eigenvalue weighted by Crippen LogP contribution is -2.38. The lowest BCUT2D eigenvalue weighted by molar-refractivity contribution is 0.271. The summed E-state index contributed by atoms with van der Waals surface area (Å²) in [5, 5.41) is 3.52. The summed E-state index contributed by atoms with van der Waals surface area (Å²) in [5.41, 5.74) is 0. The van der Waals surface area contributed by atoms with Crippen molar-refractivity contribution in [2.24, 2.45) is 0 Å². The Bertz CT molecular complexity index is 297. The van der Waals surface area contributed by atoms with E-state index in [0.29, 0.717) is 6.04 Å². The molecule has 0 radical (unpaired) electrons. The van der Waals surface area contributed by atoms with Crippen LogP contribution in [0, 0.1) is 0 Å². The second-order valence-corrected chi connectivity index (χ2v) is 5.77. The average molecular weight is 261 g/mol. The minimum absolute atomic E-state index is 0.515. The zero-order chi connectivity index (χ0) is 12.0. The summed E-state index contributed by atoms with van der Waals surface area (Å²) in [6, 6.07) is 4.56. The maximum absolute atomic E-state index is 5.89. The number of rotatable bonds is 7. The van der Waals surface area contributed by atoms with E-state index in [0.717, 1.165) is 30.5 Å². The molecular formula is C12H21ClN2S. The second kappa shape index (κ2) is 7.28. The van der Waals surface area contributed by atoms with E-state index in [2.05, 4.69) is 37.1 Å². The third-order valence-electron chi connectivity index (χ3n) is 2.68.